The van der Waals surface area contributed by atoms with Crippen LogP contribution in [0.4, 0.5) is 0 Å². The summed E-state index contributed by atoms with van der Waals surface area (Å²) in [4.78, 5) is 18.7. The summed E-state index contributed by atoms with van der Waals surface area (Å²) in [6, 6.07) is 11.8. The average Bonchev–Trinajstić information content (AvgIpc) is 3.30. The molecule has 20 heavy (non-hydrogen) atoms. The molecule has 0 unspecified atom stereocenters. The molecule has 3 nitrogen and oxygen atoms in total. The van der Waals surface area contributed by atoms with E-state index in [2.05, 4.69) is 20.9 Å². The van der Waals surface area contributed by atoms with E-state index in [1.165, 1.54) is 0 Å². The minimum atomic E-state index is 0.101. The molecular formula is C16H15BrN2O. The first-order valence-corrected chi connectivity index (χ1v) is 7.49. The molecule has 0 N–H and O–H groups in total. The molecule has 0 bridgehead atoms. The summed E-state index contributed by atoms with van der Waals surface area (Å²) in [5.41, 5.74) is 1.81. The zero-order chi connectivity index (χ0) is 13.9. The highest BCUT2D eigenvalue weighted by atomic mass is 79.9. The Morgan fingerprint density at radius 1 is 1.25 bits per heavy atom. The van der Waals surface area contributed by atoms with Crippen molar-refractivity contribution < 1.29 is 4.79 Å². The molecule has 1 fully saturated rings. The smallest absolute Gasteiger partial charge is 0.254 e. The van der Waals surface area contributed by atoms with Gasteiger partial charge in [-0.3, -0.25) is 9.78 Å². The number of aromatic nitrogens is 1. The maximum absolute atomic E-state index is 12.6. The number of pyridine rings is 1. The van der Waals surface area contributed by atoms with Gasteiger partial charge >= 0.3 is 0 Å². The van der Waals surface area contributed by atoms with Gasteiger partial charge in [-0.2, -0.15) is 0 Å². The molecule has 3 rings (SSSR count). The first-order chi connectivity index (χ1) is 9.74. The van der Waals surface area contributed by atoms with Gasteiger partial charge in [-0.15, -0.1) is 0 Å². The van der Waals surface area contributed by atoms with E-state index in [1.807, 2.05) is 47.5 Å². The number of hydrogen-bond donors (Lipinski definition) is 0. The number of nitrogens with zero attached hydrogens (tertiary/aromatic N) is 2. The number of hydrogen-bond acceptors (Lipinski definition) is 2. The third kappa shape index (κ3) is 3.07. The Kier molecular flexibility index (Phi) is 3.83. The third-order valence-corrected chi connectivity index (χ3v) is 3.94. The molecule has 1 aliphatic rings. The van der Waals surface area contributed by atoms with Crippen molar-refractivity contribution in [2.45, 2.75) is 25.4 Å². The molecule has 1 amide bonds. The van der Waals surface area contributed by atoms with Crippen molar-refractivity contribution in [2.75, 3.05) is 0 Å². The van der Waals surface area contributed by atoms with Gasteiger partial charge < -0.3 is 4.90 Å². The molecule has 1 aromatic heterocycles. The summed E-state index contributed by atoms with van der Waals surface area (Å²) >= 11 is 3.39. The van der Waals surface area contributed by atoms with Crippen molar-refractivity contribution in [1.29, 1.82) is 0 Å². The van der Waals surface area contributed by atoms with Crippen molar-refractivity contribution >= 4 is 21.8 Å². The number of benzene rings is 1. The monoisotopic (exact) mass is 330 g/mol. The van der Waals surface area contributed by atoms with E-state index in [0.29, 0.717) is 12.6 Å². The number of rotatable bonds is 4. The lowest BCUT2D eigenvalue weighted by Gasteiger charge is -2.22. The van der Waals surface area contributed by atoms with Gasteiger partial charge in [0.05, 0.1) is 0 Å². The van der Waals surface area contributed by atoms with Gasteiger partial charge in [0.2, 0.25) is 0 Å². The van der Waals surface area contributed by atoms with Crippen molar-refractivity contribution in [1.82, 2.24) is 9.88 Å². The van der Waals surface area contributed by atoms with Crippen molar-refractivity contribution in [3.05, 3.63) is 64.4 Å². The molecule has 0 saturated heterocycles. The molecule has 0 aliphatic heterocycles. The highest BCUT2D eigenvalue weighted by Gasteiger charge is 2.33. The largest absolute Gasteiger partial charge is 0.331 e. The first-order valence-electron chi connectivity index (χ1n) is 6.69. The molecule has 0 atom stereocenters. The molecule has 1 saturated carbocycles. The van der Waals surface area contributed by atoms with E-state index in [4.69, 9.17) is 0 Å². The van der Waals surface area contributed by atoms with E-state index < -0.39 is 0 Å². The molecule has 1 aliphatic carbocycles. The Morgan fingerprint density at radius 3 is 2.60 bits per heavy atom. The standard InChI is InChI=1S/C16H15BrN2O/c17-14-5-3-13(4-6-14)16(20)19(15-7-8-15)11-12-2-1-9-18-10-12/h1-6,9-10,15H,7-8,11H2. The zero-order valence-corrected chi connectivity index (χ0v) is 12.6. The van der Waals surface area contributed by atoms with E-state index in [1.54, 1.807) is 6.20 Å². The summed E-state index contributed by atoms with van der Waals surface area (Å²) in [5.74, 6) is 0.101. The second kappa shape index (κ2) is 5.75. The summed E-state index contributed by atoms with van der Waals surface area (Å²) < 4.78 is 0.985. The lowest BCUT2D eigenvalue weighted by Crippen LogP contribution is -2.32. The van der Waals surface area contributed by atoms with Crippen LogP contribution in [-0.4, -0.2) is 21.8 Å². The Morgan fingerprint density at radius 2 is 2.00 bits per heavy atom. The van der Waals surface area contributed by atoms with E-state index >= 15 is 0 Å². The Balaban J connectivity index is 1.80. The van der Waals surface area contributed by atoms with Crippen LogP contribution in [0.3, 0.4) is 0 Å². The van der Waals surface area contributed by atoms with Crippen LogP contribution in [0.2, 0.25) is 0 Å². The summed E-state index contributed by atoms with van der Waals surface area (Å²) in [6.45, 7) is 0.632. The molecule has 102 valence electrons. The van der Waals surface area contributed by atoms with E-state index in [0.717, 1.165) is 28.4 Å². The van der Waals surface area contributed by atoms with Crippen molar-refractivity contribution in [3.63, 3.8) is 0 Å². The van der Waals surface area contributed by atoms with Gasteiger partial charge in [0.15, 0.2) is 0 Å². The van der Waals surface area contributed by atoms with Gasteiger partial charge in [0.1, 0.15) is 0 Å². The number of amides is 1. The predicted molar refractivity (Wildman–Crippen MR) is 81.3 cm³/mol. The van der Waals surface area contributed by atoms with Gasteiger partial charge in [-0.25, -0.2) is 0 Å². The maximum Gasteiger partial charge on any atom is 0.254 e. The number of carbonyl (C=O) groups excluding carboxylic acids is 1. The third-order valence-electron chi connectivity index (χ3n) is 3.42. The van der Waals surface area contributed by atoms with Crippen LogP contribution in [0.1, 0.15) is 28.8 Å². The fourth-order valence-electron chi connectivity index (χ4n) is 2.20. The Bertz CT molecular complexity index is 594. The van der Waals surface area contributed by atoms with E-state index in [9.17, 15) is 4.79 Å². The molecule has 0 spiro atoms. The number of halogens is 1. The summed E-state index contributed by atoms with van der Waals surface area (Å²) in [6.07, 6.45) is 5.77. The summed E-state index contributed by atoms with van der Waals surface area (Å²) in [5, 5.41) is 0. The molecule has 1 aromatic carbocycles. The lowest BCUT2D eigenvalue weighted by atomic mass is 10.1. The SMILES string of the molecule is O=C(c1ccc(Br)cc1)N(Cc1cccnc1)C1CC1. The number of carbonyl (C=O) groups is 1. The average molecular weight is 331 g/mol. The van der Waals surface area contributed by atoms with Gasteiger partial charge in [0, 0.05) is 35.0 Å². The van der Waals surface area contributed by atoms with Gasteiger partial charge in [0.25, 0.3) is 5.91 Å². The lowest BCUT2D eigenvalue weighted by molar-refractivity contribution is 0.0730. The van der Waals surface area contributed by atoms with Crippen molar-refractivity contribution in [3.8, 4) is 0 Å². The highest BCUT2D eigenvalue weighted by Crippen LogP contribution is 2.30. The van der Waals surface area contributed by atoms with E-state index in [-0.39, 0.29) is 5.91 Å². The molecule has 4 heteroatoms. The van der Waals surface area contributed by atoms with Crippen LogP contribution in [0.25, 0.3) is 0 Å². The highest BCUT2D eigenvalue weighted by molar-refractivity contribution is 9.10. The van der Waals surface area contributed by atoms with Crippen LogP contribution in [0.5, 0.6) is 0 Å². The van der Waals surface area contributed by atoms with Gasteiger partial charge in [-0.1, -0.05) is 22.0 Å². The van der Waals surface area contributed by atoms with Crippen LogP contribution in [-0.2, 0) is 6.54 Å². The quantitative estimate of drug-likeness (QED) is 0.857. The molecule has 0 radical (unpaired) electrons. The molecule has 1 heterocycles. The van der Waals surface area contributed by atoms with Gasteiger partial charge in [-0.05, 0) is 48.7 Å². The molecular weight excluding hydrogens is 316 g/mol. The second-order valence-electron chi connectivity index (χ2n) is 5.03. The fourth-order valence-corrected chi connectivity index (χ4v) is 2.46. The van der Waals surface area contributed by atoms with Crippen molar-refractivity contribution in [2.24, 2.45) is 0 Å². The normalized spacial score (nSPS) is 14.1. The zero-order valence-electron chi connectivity index (χ0n) is 11.0. The first kappa shape index (κ1) is 13.3. The molecule has 2 aromatic rings. The summed E-state index contributed by atoms with van der Waals surface area (Å²) in [7, 11) is 0. The minimum absolute atomic E-state index is 0.101. The van der Waals surface area contributed by atoms with Crippen LogP contribution in [0, 0.1) is 0 Å². The van der Waals surface area contributed by atoms with Crippen LogP contribution < -0.4 is 0 Å². The van der Waals surface area contributed by atoms with Crippen LogP contribution in [0.15, 0.2) is 53.3 Å². The fraction of sp³-hybridized carbons (Fsp3) is 0.250. The predicted octanol–water partition coefficient (Wildman–Crippen LogP) is 3.65. The van der Waals surface area contributed by atoms with Crippen LogP contribution >= 0.6 is 15.9 Å². The Hall–Kier alpha value is -1.68. The second-order valence-corrected chi connectivity index (χ2v) is 5.95. The Labute approximate surface area is 126 Å². The topological polar surface area (TPSA) is 33.2 Å². The minimum Gasteiger partial charge on any atom is -0.331 e. The maximum atomic E-state index is 12.6.